The average molecular weight is 261 g/mol. The Balaban J connectivity index is 2.20. The second-order valence-corrected chi connectivity index (χ2v) is 5.40. The molecule has 0 fully saturated rings. The molecular weight excluding hydrogens is 250 g/mol. The number of aryl methyl sites for hydroxylation is 1. The number of thioether (sulfide) groups is 1. The van der Waals surface area contributed by atoms with Crippen LogP contribution in [0.15, 0.2) is 18.5 Å². The molecule has 0 spiro atoms. The molecule has 0 aliphatic carbocycles. The van der Waals surface area contributed by atoms with E-state index in [0.29, 0.717) is 0 Å². The third-order valence-electron chi connectivity index (χ3n) is 2.87. The van der Waals surface area contributed by atoms with Crippen LogP contribution in [0.25, 0.3) is 11.4 Å². The zero-order valence-electron chi connectivity index (χ0n) is 9.36. The Morgan fingerprint density at radius 2 is 2.29 bits per heavy atom. The summed E-state index contributed by atoms with van der Waals surface area (Å²) in [4.78, 5) is 12.0. The van der Waals surface area contributed by atoms with E-state index in [1.807, 2.05) is 30.9 Å². The number of hydrogen-bond donors (Lipinski definition) is 1. The Morgan fingerprint density at radius 3 is 3.12 bits per heavy atom. The quantitative estimate of drug-likeness (QED) is 0.800. The highest BCUT2D eigenvalue weighted by Gasteiger charge is 2.16. The highest BCUT2D eigenvalue weighted by Crippen LogP contribution is 2.30. The topological polar surface area (TPSA) is 41.6 Å². The summed E-state index contributed by atoms with van der Waals surface area (Å²) >= 11 is 7.22. The van der Waals surface area contributed by atoms with Gasteiger partial charge in [-0.15, -0.1) is 0 Å². The molecule has 1 aliphatic rings. The lowest BCUT2D eigenvalue weighted by Gasteiger charge is -2.07. The molecule has 1 N–H and O–H groups in total. The Morgan fingerprint density at radius 1 is 1.41 bits per heavy atom. The maximum Gasteiger partial charge on any atom is 0.139 e. The van der Waals surface area contributed by atoms with Gasteiger partial charge in [0, 0.05) is 40.7 Å². The van der Waals surface area contributed by atoms with Crippen molar-refractivity contribution in [3.63, 3.8) is 0 Å². The van der Waals surface area contributed by atoms with Crippen LogP contribution in [-0.4, -0.2) is 15.0 Å². The predicted octanol–water partition coefficient (Wildman–Crippen LogP) is 3.26. The molecule has 0 saturated carbocycles. The van der Waals surface area contributed by atoms with Crippen molar-refractivity contribution in [2.24, 2.45) is 0 Å². The van der Waals surface area contributed by atoms with E-state index in [2.05, 4.69) is 15.0 Å². The summed E-state index contributed by atoms with van der Waals surface area (Å²) in [7, 11) is 0. The molecule has 0 atom stereocenters. The van der Waals surface area contributed by atoms with Gasteiger partial charge < -0.3 is 4.98 Å². The second-order valence-electron chi connectivity index (χ2n) is 4.03. The lowest BCUT2D eigenvalue weighted by atomic mass is 10.1. The van der Waals surface area contributed by atoms with Crippen LogP contribution in [-0.2, 0) is 11.5 Å². The maximum atomic E-state index is 5.35. The Bertz CT molecular complexity index is 634. The van der Waals surface area contributed by atoms with Gasteiger partial charge in [-0.25, -0.2) is 4.98 Å². The highest BCUT2D eigenvalue weighted by molar-refractivity contribution is 7.98. The monoisotopic (exact) mass is 261 g/mol. The Hall–Kier alpha value is -1.20. The first kappa shape index (κ1) is 10.9. The zero-order chi connectivity index (χ0) is 11.8. The third-order valence-corrected chi connectivity index (χ3v) is 4.20. The Labute approximate surface area is 109 Å². The first-order chi connectivity index (χ1) is 8.25. The van der Waals surface area contributed by atoms with Crippen molar-refractivity contribution in [3.05, 3.63) is 39.9 Å². The van der Waals surface area contributed by atoms with Gasteiger partial charge in [0.05, 0.1) is 0 Å². The minimum Gasteiger partial charge on any atom is -0.342 e. The number of fused-ring (bicyclic) bond motifs is 1. The maximum absolute atomic E-state index is 5.35. The van der Waals surface area contributed by atoms with E-state index in [-0.39, 0.29) is 0 Å². The van der Waals surface area contributed by atoms with Gasteiger partial charge in [0.2, 0.25) is 0 Å². The van der Waals surface area contributed by atoms with Crippen molar-refractivity contribution < 1.29 is 0 Å². The standard InChI is InChI=1S/C12H11N3S2/c1-7-4-13-3-2-8(7)11-14-10-6-17-5-9(10)12(16)15-11/h2-4H,5-6H2,1H3,(H,14,15,16). The fourth-order valence-electron chi connectivity index (χ4n) is 1.94. The number of H-pyrrole nitrogens is 1. The van der Waals surface area contributed by atoms with Crippen molar-refractivity contribution >= 4 is 24.0 Å². The van der Waals surface area contributed by atoms with Crippen LogP contribution in [0.5, 0.6) is 0 Å². The molecule has 3 nitrogen and oxygen atoms in total. The molecular formula is C12H11N3S2. The second kappa shape index (κ2) is 4.23. The van der Waals surface area contributed by atoms with Gasteiger partial charge >= 0.3 is 0 Å². The normalized spacial score (nSPS) is 13.7. The first-order valence-corrected chi connectivity index (χ1v) is 6.93. The fraction of sp³-hybridized carbons (Fsp3) is 0.250. The van der Waals surface area contributed by atoms with Gasteiger partial charge in [-0.05, 0) is 18.6 Å². The minimum absolute atomic E-state index is 0.731. The van der Waals surface area contributed by atoms with Gasteiger partial charge in [-0.1, -0.05) is 12.2 Å². The van der Waals surface area contributed by atoms with Gasteiger partial charge in [0.15, 0.2) is 0 Å². The lowest BCUT2D eigenvalue weighted by molar-refractivity contribution is 1.05. The van der Waals surface area contributed by atoms with E-state index >= 15 is 0 Å². The molecule has 0 unspecified atom stereocenters. The van der Waals surface area contributed by atoms with Crippen LogP contribution in [0.3, 0.4) is 0 Å². The summed E-state index contributed by atoms with van der Waals surface area (Å²) in [6.07, 6.45) is 3.62. The van der Waals surface area contributed by atoms with Gasteiger partial charge in [0.1, 0.15) is 10.5 Å². The van der Waals surface area contributed by atoms with Crippen molar-refractivity contribution in [2.45, 2.75) is 18.4 Å². The molecule has 3 heterocycles. The summed E-state index contributed by atoms with van der Waals surface area (Å²) in [5, 5.41) is 0. The summed E-state index contributed by atoms with van der Waals surface area (Å²) < 4.78 is 0.731. The number of rotatable bonds is 1. The van der Waals surface area contributed by atoms with Crippen LogP contribution >= 0.6 is 24.0 Å². The molecule has 0 aromatic carbocycles. The SMILES string of the molecule is Cc1cnccc1-c1nc(=S)c2c([nH]1)CSC2. The number of nitrogens with one attached hydrogen (secondary N) is 1. The largest absolute Gasteiger partial charge is 0.342 e. The van der Waals surface area contributed by atoms with Crippen LogP contribution in [0, 0.1) is 11.6 Å². The number of aromatic amines is 1. The van der Waals surface area contributed by atoms with Crippen molar-refractivity contribution in [1.82, 2.24) is 15.0 Å². The molecule has 2 aromatic heterocycles. The summed E-state index contributed by atoms with van der Waals surface area (Å²) in [5.74, 6) is 2.84. The van der Waals surface area contributed by atoms with Crippen molar-refractivity contribution in [1.29, 1.82) is 0 Å². The van der Waals surface area contributed by atoms with E-state index in [1.54, 1.807) is 6.20 Å². The number of pyridine rings is 1. The van der Waals surface area contributed by atoms with E-state index in [1.165, 1.54) is 11.3 Å². The number of hydrogen-bond acceptors (Lipinski definition) is 4. The molecule has 86 valence electrons. The molecule has 0 radical (unpaired) electrons. The number of aromatic nitrogens is 3. The van der Waals surface area contributed by atoms with E-state index in [9.17, 15) is 0 Å². The lowest BCUT2D eigenvalue weighted by Crippen LogP contribution is -1.98. The molecule has 1 aliphatic heterocycles. The average Bonchev–Trinajstić information content (AvgIpc) is 2.78. The van der Waals surface area contributed by atoms with Gasteiger partial charge in [0.25, 0.3) is 0 Å². The Kier molecular flexibility index (Phi) is 2.72. The smallest absolute Gasteiger partial charge is 0.139 e. The van der Waals surface area contributed by atoms with Crippen LogP contribution in [0.4, 0.5) is 0 Å². The third kappa shape index (κ3) is 1.89. The van der Waals surface area contributed by atoms with Crippen molar-refractivity contribution in [3.8, 4) is 11.4 Å². The molecule has 2 aromatic rings. The van der Waals surface area contributed by atoms with E-state index in [0.717, 1.165) is 33.1 Å². The molecule has 5 heteroatoms. The first-order valence-electron chi connectivity index (χ1n) is 5.36. The minimum atomic E-state index is 0.731. The van der Waals surface area contributed by atoms with E-state index in [4.69, 9.17) is 12.2 Å². The molecule has 0 amide bonds. The fourth-order valence-corrected chi connectivity index (χ4v) is 3.38. The van der Waals surface area contributed by atoms with Crippen LogP contribution in [0.1, 0.15) is 16.8 Å². The van der Waals surface area contributed by atoms with Crippen LogP contribution < -0.4 is 0 Å². The molecule has 17 heavy (non-hydrogen) atoms. The molecule has 0 bridgehead atoms. The van der Waals surface area contributed by atoms with Gasteiger partial charge in [-0.3, -0.25) is 4.98 Å². The molecule has 3 rings (SSSR count). The summed E-state index contributed by atoms with van der Waals surface area (Å²) in [6, 6.07) is 1.97. The summed E-state index contributed by atoms with van der Waals surface area (Å²) in [6.45, 7) is 2.03. The predicted molar refractivity (Wildman–Crippen MR) is 72.4 cm³/mol. The van der Waals surface area contributed by atoms with E-state index < -0.39 is 0 Å². The molecule has 0 saturated heterocycles. The van der Waals surface area contributed by atoms with Crippen LogP contribution in [0.2, 0.25) is 0 Å². The highest BCUT2D eigenvalue weighted by atomic mass is 32.2. The van der Waals surface area contributed by atoms with Gasteiger partial charge in [-0.2, -0.15) is 11.8 Å². The van der Waals surface area contributed by atoms with Crippen molar-refractivity contribution in [2.75, 3.05) is 0 Å². The summed E-state index contributed by atoms with van der Waals surface area (Å²) in [5.41, 5.74) is 4.60. The number of nitrogens with zero attached hydrogens (tertiary/aromatic N) is 2. The zero-order valence-corrected chi connectivity index (χ0v) is 11.0.